The minimum Gasteiger partial charge on any atom is -0.456 e. The number of ketones is 1. The molecule has 0 N–H and O–H groups in total. The smallest absolute Gasteiger partial charge is 0.306 e. The molecule has 0 amide bonds. The van der Waals surface area contributed by atoms with Crippen molar-refractivity contribution in [2.24, 2.45) is 0 Å². The predicted octanol–water partition coefficient (Wildman–Crippen LogP) is 7.48. The van der Waals surface area contributed by atoms with Gasteiger partial charge in [0.1, 0.15) is 29.5 Å². The number of hydrogen-bond acceptors (Lipinski definition) is 8. The van der Waals surface area contributed by atoms with Crippen LogP contribution in [-0.4, -0.2) is 48.2 Å². The number of benzene rings is 4. The average Bonchev–Trinajstić information content (AvgIpc) is 3.09. The molecule has 4 aromatic carbocycles. The van der Waals surface area contributed by atoms with E-state index in [0.717, 1.165) is 27.1 Å². The van der Waals surface area contributed by atoms with Gasteiger partial charge in [-0.2, -0.15) is 0 Å². The maximum Gasteiger partial charge on any atom is 0.306 e. The third-order valence-electron chi connectivity index (χ3n) is 7.78. The molecule has 7 nitrogen and oxygen atoms in total. The van der Waals surface area contributed by atoms with Crippen molar-refractivity contribution in [3.63, 3.8) is 0 Å². The van der Waals surface area contributed by atoms with Crippen LogP contribution >= 0.6 is 11.8 Å². The second kappa shape index (κ2) is 17.9. The van der Waals surface area contributed by atoms with Gasteiger partial charge in [-0.3, -0.25) is 4.79 Å². The summed E-state index contributed by atoms with van der Waals surface area (Å²) in [5.74, 6) is -0.568. The molecule has 0 aromatic heterocycles. The molecular formula is C39H42O7S. The summed E-state index contributed by atoms with van der Waals surface area (Å²) in [7, 11) is 0. The zero-order valence-corrected chi connectivity index (χ0v) is 27.7. The molecule has 1 saturated heterocycles. The summed E-state index contributed by atoms with van der Waals surface area (Å²) in [4.78, 5) is 25.9. The molecule has 1 heterocycles. The maximum atomic E-state index is 13.2. The highest BCUT2D eigenvalue weighted by molar-refractivity contribution is 7.99. The molecule has 4 aromatic rings. The van der Waals surface area contributed by atoms with Crippen molar-refractivity contribution in [2.75, 3.05) is 6.61 Å². The molecule has 246 valence electrons. The SMILES string of the molecule is CC(=O)CCC(=O)O[C@@H]1C(Sc2ccc(C)cc2)O[C@@H](COCc2ccccc2)[C@H](OCc2ccccc2)[C@H]1OCc1ccccc1. The van der Waals surface area contributed by atoms with Gasteiger partial charge in [-0.1, -0.05) is 120 Å². The summed E-state index contributed by atoms with van der Waals surface area (Å²) in [5.41, 5.74) is 3.51. The number of aryl methyl sites for hydroxylation is 1. The van der Waals surface area contributed by atoms with Crippen LogP contribution in [0.3, 0.4) is 0 Å². The number of Topliss-reactive ketones (excluding diaryl/α,β-unsaturated/α-hetero) is 1. The molecule has 8 heteroatoms. The fraction of sp³-hybridized carbons (Fsp3) is 0.333. The molecule has 0 bridgehead atoms. The average molecular weight is 655 g/mol. The third-order valence-corrected chi connectivity index (χ3v) is 8.93. The van der Waals surface area contributed by atoms with Gasteiger partial charge in [0.2, 0.25) is 0 Å². The van der Waals surface area contributed by atoms with Crippen molar-refractivity contribution in [3.8, 4) is 0 Å². The van der Waals surface area contributed by atoms with Crippen LogP contribution in [-0.2, 0) is 53.1 Å². The number of carbonyl (C=O) groups excluding carboxylic acids is 2. The Balaban J connectivity index is 1.47. The molecule has 47 heavy (non-hydrogen) atoms. The summed E-state index contributed by atoms with van der Waals surface area (Å²) in [5, 5.41) is 0. The highest BCUT2D eigenvalue weighted by atomic mass is 32.2. The first-order valence-electron chi connectivity index (χ1n) is 15.9. The Bertz CT molecular complexity index is 1520. The zero-order chi connectivity index (χ0) is 32.8. The number of esters is 1. The largest absolute Gasteiger partial charge is 0.456 e. The lowest BCUT2D eigenvalue weighted by Gasteiger charge is -2.45. The number of ether oxygens (including phenoxy) is 5. The molecule has 1 aliphatic rings. The van der Waals surface area contributed by atoms with Crippen LogP contribution in [0.25, 0.3) is 0 Å². The van der Waals surface area contributed by atoms with E-state index >= 15 is 0 Å². The van der Waals surface area contributed by atoms with E-state index in [1.807, 2.05) is 122 Å². The molecular weight excluding hydrogens is 612 g/mol. The fourth-order valence-electron chi connectivity index (χ4n) is 5.26. The molecule has 5 atom stereocenters. The van der Waals surface area contributed by atoms with Crippen molar-refractivity contribution in [1.29, 1.82) is 0 Å². The summed E-state index contributed by atoms with van der Waals surface area (Å²) in [6.07, 6.45) is -2.66. The van der Waals surface area contributed by atoms with Gasteiger partial charge in [0.25, 0.3) is 0 Å². The van der Waals surface area contributed by atoms with Gasteiger partial charge < -0.3 is 28.5 Å². The second-order valence-corrected chi connectivity index (χ2v) is 12.8. The summed E-state index contributed by atoms with van der Waals surface area (Å²) >= 11 is 1.47. The first kappa shape index (κ1) is 34.5. The molecule has 0 radical (unpaired) electrons. The highest BCUT2D eigenvalue weighted by Crippen LogP contribution is 2.38. The molecule has 1 unspecified atom stereocenters. The molecule has 0 saturated carbocycles. The van der Waals surface area contributed by atoms with Crippen molar-refractivity contribution >= 4 is 23.5 Å². The summed E-state index contributed by atoms with van der Waals surface area (Å²) in [6, 6.07) is 37.8. The molecule has 1 fully saturated rings. The van der Waals surface area contributed by atoms with Crippen LogP contribution < -0.4 is 0 Å². The van der Waals surface area contributed by atoms with Gasteiger partial charge in [-0.05, 0) is 42.7 Å². The minimum atomic E-state index is -0.837. The Labute approximate surface area is 281 Å². The molecule has 1 aliphatic heterocycles. The lowest BCUT2D eigenvalue weighted by atomic mass is 9.98. The van der Waals surface area contributed by atoms with Gasteiger partial charge in [0.15, 0.2) is 6.10 Å². The third kappa shape index (κ3) is 10.9. The first-order valence-corrected chi connectivity index (χ1v) is 16.8. The van der Waals surface area contributed by atoms with Crippen LogP contribution in [0.2, 0.25) is 0 Å². The van der Waals surface area contributed by atoms with Crippen LogP contribution in [0.1, 0.15) is 42.0 Å². The van der Waals surface area contributed by atoms with E-state index in [2.05, 4.69) is 0 Å². The van der Waals surface area contributed by atoms with Gasteiger partial charge in [0, 0.05) is 11.3 Å². The van der Waals surface area contributed by atoms with E-state index < -0.39 is 35.8 Å². The van der Waals surface area contributed by atoms with Crippen molar-refractivity contribution in [3.05, 3.63) is 138 Å². The summed E-state index contributed by atoms with van der Waals surface area (Å²) < 4.78 is 32.5. The van der Waals surface area contributed by atoms with Crippen molar-refractivity contribution in [1.82, 2.24) is 0 Å². The molecule has 5 rings (SSSR count). The van der Waals surface area contributed by atoms with Crippen molar-refractivity contribution in [2.45, 2.75) is 81.3 Å². The number of hydrogen-bond donors (Lipinski definition) is 0. The number of rotatable bonds is 16. The lowest BCUT2D eigenvalue weighted by Crippen LogP contribution is -2.60. The highest BCUT2D eigenvalue weighted by Gasteiger charge is 2.50. The number of thioether (sulfide) groups is 1. The Morgan fingerprint density at radius 1 is 0.660 bits per heavy atom. The van der Waals surface area contributed by atoms with E-state index in [1.165, 1.54) is 18.7 Å². The number of carbonyl (C=O) groups is 2. The van der Waals surface area contributed by atoms with E-state index in [1.54, 1.807) is 0 Å². The van der Waals surface area contributed by atoms with E-state index in [9.17, 15) is 9.59 Å². The van der Waals surface area contributed by atoms with E-state index in [-0.39, 0.29) is 31.8 Å². The predicted molar refractivity (Wildman–Crippen MR) is 182 cm³/mol. The monoisotopic (exact) mass is 654 g/mol. The van der Waals surface area contributed by atoms with Crippen molar-refractivity contribution < 1.29 is 33.3 Å². The standard InChI is InChI=1S/C39H42O7S/c1-28-18-21-33(22-19-28)47-39-38(46-35(41)23-20-29(2)40)37(44-26-32-16-10-5-11-17-32)36(43-25-31-14-8-4-9-15-31)34(45-39)27-42-24-30-12-6-3-7-13-30/h3-19,21-22,34,36-39H,20,23-27H2,1-2H3/t34-,36-,37+,38-,39?/m0/s1. The van der Waals surface area contributed by atoms with Gasteiger partial charge in [-0.25, -0.2) is 0 Å². The fourth-order valence-corrected chi connectivity index (χ4v) is 6.37. The normalized spacial score (nSPS) is 20.9. The van der Waals surface area contributed by atoms with Crippen LogP contribution in [0.5, 0.6) is 0 Å². The van der Waals surface area contributed by atoms with E-state index in [0.29, 0.717) is 13.2 Å². The second-order valence-electron chi connectivity index (χ2n) is 11.7. The summed E-state index contributed by atoms with van der Waals surface area (Å²) in [6.45, 7) is 4.71. The topological polar surface area (TPSA) is 80.3 Å². The Morgan fingerprint density at radius 2 is 1.19 bits per heavy atom. The van der Waals surface area contributed by atoms with Gasteiger partial charge in [-0.15, -0.1) is 0 Å². The molecule has 0 spiro atoms. The Kier molecular flexibility index (Phi) is 13.2. The first-order chi connectivity index (χ1) is 22.9. The lowest BCUT2D eigenvalue weighted by molar-refractivity contribution is -0.249. The maximum absolute atomic E-state index is 13.2. The van der Waals surface area contributed by atoms with Gasteiger partial charge in [0.05, 0.1) is 32.8 Å². The van der Waals surface area contributed by atoms with Crippen LogP contribution in [0, 0.1) is 6.92 Å². The minimum absolute atomic E-state index is 0.0295. The van der Waals surface area contributed by atoms with E-state index in [4.69, 9.17) is 23.7 Å². The molecule has 0 aliphatic carbocycles. The van der Waals surface area contributed by atoms with Crippen LogP contribution in [0.15, 0.2) is 120 Å². The van der Waals surface area contributed by atoms with Crippen LogP contribution in [0.4, 0.5) is 0 Å². The Morgan fingerprint density at radius 3 is 1.74 bits per heavy atom. The Hall–Kier alpha value is -3.79. The quantitative estimate of drug-likeness (QED) is 0.115. The van der Waals surface area contributed by atoms with Gasteiger partial charge >= 0.3 is 5.97 Å². The zero-order valence-electron chi connectivity index (χ0n) is 26.9.